The average Bonchev–Trinajstić information content (AvgIpc) is 2.83. The topological polar surface area (TPSA) is 63.2 Å². The van der Waals surface area contributed by atoms with Crippen LogP contribution >= 0.6 is 0 Å². The van der Waals surface area contributed by atoms with Crippen LogP contribution in [0.5, 0.6) is 0 Å². The lowest BCUT2D eigenvalue weighted by Gasteiger charge is -2.19. The molecule has 7 heteroatoms. The first-order valence-electron chi connectivity index (χ1n) is 6.45. The molecule has 21 heavy (non-hydrogen) atoms. The van der Waals surface area contributed by atoms with Gasteiger partial charge in [-0.15, -0.1) is 0 Å². The van der Waals surface area contributed by atoms with Crippen molar-refractivity contribution in [1.29, 1.82) is 0 Å². The lowest BCUT2D eigenvalue weighted by Crippen LogP contribution is -2.16. The first-order chi connectivity index (χ1) is 9.88. The van der Waals surface area contributed by atoms with Crippen LogP contribution in [0.1, 0.15) is 11.3 Å². The minimum atomic E-state index is -3.42. The Bertz CT molecular complexity index is 821. The second-order valence-corrected chi connectivity index (χ2v) is 7.06. The number of aryl methyl sites for hydroxylation is 1. The Labute approximate surface area is 122 Å². The summed E-state index contributed by atoms with van der Waals surface area (Å²) in [5.74, 6) is 0.121. The number of hydrogen-bond acceptors (Lipinski definition) is 5. The van der Waals surface area contributed by atoms with Crippen molar-refractivity contribution in [3.63, 3.8) is 0 Å². The molecule has 0 atom stereocenters. The summed E-state index contributed by atoms with van der Waals surface area (Å²) in [5, 5.41) is 0. The van der Waals surface area contributed by atoms with E-state index in [4.69, 9.17) is 0 Å². The van der Waals surface area contributed by atoms with Gasteiger partial charge in [-0.1, -0.05) is 0 Å². The fourth-order valence-electron chi connectivity index (χ4n) is 2.51. The highest BCUT2D eigenvalue weighted by atomic mass is 32.2. The summed E-state index contributed by atoms with van der Waals surface area (Å²) in [5.41, 5.74) is 2.22. The molecule has 0 unspecified atom stereocenters. The van der Waals surface area contributed by atoms with E-state index in [1.165, 1.54) is 18.5 Å². The molecule has 0 N–H and O–H groups in total. The highest BCUT2D eigenvalue weighted by Crippen LogP contribution is 2.35. The number of anilines is 2. The Morgan fingerprint density at radius 1 is 1.29 bits per heavy atom. The van der Waals surface area contributed by atoms with Crippen molar-refractivity contribution in [3.8, 4) is 0 Å². The third kappa shape index (κ3) is 2.37. The fraction of sp³-hybridized carbons (Fsp3) is 0.286. The standard InChI is InChI=1S/C14H14FN3O2S/c1-9-11-5-6-18(14(11)17-8-16-9)13-4-3-10(7-12(13)15)21(2,19)20/h3-4,7-8H,5-6H2,1-2H3. The molecule has 110 valence electrons. The molecule has 1 aromatic heterocycles. The van der Waals surface area contributed by atoms with Crippen LogP contribution in [-0.2, 0) is 16.3 Å². The average molecular weight is 307 g/mol. The van der Waals surface area contributed by atoms with E-state index < -0.39 is 15.7 Å². The molecule has 0 aliphatic carbocycles. The number of fused-ring (bicyclic) bond motifs is 1. The van der Waals surface area contributed by atoms with Crippen molar-refractivity contribution in [2.75, 3.05) is 17.7 Å². The lowest BCUT2D eigenvalue weighted by molar-refractivity contribution is 0.595. The van der Waals surface area contributed by atoms with E-state index in [1.807, 2.05) is 6.92 Å². The van der Waals surface area contributed by atoms with Gasteiger partial charge in [0.1, 0.15) is 18.0 Å². The lowest BCUT2D eigenvalue weighted by atomic mass is 10.2. The predicted molar refractivity (Wildman–Crippen MR) is 77.0 cm³/mol. The molecule has 5 nitrogen and oxygen atoms in total. The molecule has 1 aliphatic rings. The van der Waals surface area contributed by atoms with E-state index in [1.54, 1.807) is 4.90 Å². The fourth-order valence-corrected chi connectivity index (χ4v) is 3.15. The molecular weight excluding hydrogens is 293 g/mol. The quantitative estimate of drug-likeness (QED) is 0.849. The zero-order valence-corrected chi connectivity index (χ0v) is 12.5. The summed E-state index contributed by atoms with van der Waals surface area (Å²) in [6, 6.07) is 3.95. The van der Waals surface area contributed by atoms with Crippen LogP contribution in [0.2, 0.25) is 0 Å². The number of rotatable bonds is 2. The summed E-state index contributed by atoms with van der Waals surface area (Å²) < 4.78 is 37.2. The Balaban J connectivity index is 2.07. The Kier molecular flexibility index (Phi) is 3.16. The minimum Gasteiger partial charge on any atom is -0.323 e. The number of halogens is 1. The van der Waals surface area contributed by atoms with Gasteiger partial charge in [0.05, 0.1) is 10.6 Å². The van der Waals surface area contributed by atoms with Crippen molar-refractivity contribution < 1.29 is 12.8 Å². The highest BCUT2D eigenvalue weighted by Gasteiger charge is 2.26. The molecule has 0 amide bonds. The van der Waals surface area contributed by atoms with E-state index in [2.05, 4.69) is 9.97 Å². The van der Waals surface area contributed by atoms with E-state index in [0.29, 0.717) is 18.1 Å². The van der Waals surface area contributed by atoms with Crippen LogP contribution in [0.15, 0.2) is 29.4 Å². The van der Waals surface area contributed by atoms with Gasteiger partial charge in [-0.25, -0.2) is 22.8 Å². The molecule has 0 saturated heterocycles. The van der Waals surface area contributed by atoms with Gasteiger partial charge in [-0.3, -0.25) is 0 Å². The molecule has 0 saturated carbocycles. The third-order valence-corrected chi connectivity index (χ3v) is 4.73. The van der Waals surface area contributed by atoms with Gasteiger partial charge in [-0.2, -0.15) is 0 Å². The molecule has 0 radical (unpaired) electrons. The predicted octanol–water partition coefficient (Wildman–Crippen LogP) is 2.02. The van der Waals surface area contributed by atoms with Gasteiger partial charge >= 0.3 is 0 Å². The maximum atomic E-state index is 14.3. The second-order valence-electron chi connectivity index (χ2n) is 5.05. The molecule has 0 bridgehead atoms. The van der Waals surface area contributed by atoms with Gasteiger partial charge in [0, 0.05) is 24.1 Å². The summed E-state index contributed by atoms with van der Waals surface area (Å²) in [6.07, 6.45) is 3.26. The molecule has 0 spiro atoms. The zero-order valence-electron chi connectivity index (χ0n) is 11.7. The molecule has 2 heterocycles. The number of aromatic nitrogens is 2. The third-order valence-electron chi connectivity index (χ3n) is 3.62. The van der Waals surface area contributed by atoms with Crippen molar-refractivity contribution in [2.45, 2.75) is 18.2 Å². The van der Waals surface area contributed by atoms with Crippen molar-refractivity contribution in [3.05, 3.63) is 41.6 Å². The highest BCUT2D eigenvalue weighted by molar-refractivity contribution is 7.90. The van der Waals surface area contributed by atoms with Gasteiger partial charge in [-0.05, 0) is 31.5 Å². The SMILES string of the molecule is Cc1ncnc2c1CCN2c1ccc(S(C)(=O)=O)cc1F. The molecule has 1 aromatic carbocycles. The maximum Gasteiger partial charge on any atom is 0.175 e. The van der Waals surface area contributed by atoms with Gasteiger partial charge in [0.15, 0.2) is 9.84 Å². The zero-order chi connectivity index (χ0) is 15.2. The van der Waals surface area contributed by atoms with E-state index in [-0.39, 0.29) is 4.90 Å². The summed E-state index contributed by atoms with van der Waals surface area (Å²) in [4.78, 5) is 10.1. The largest absolute Gasteiger partial charge is 0.323 e. The molecule has 0 fully saturated rings. The first-order valence-corrected chi connectivity index (χ1v) is 8.34. The van der Waals surface area contributed by atoms with Gasteiger partial charge < -0.3 is 4.90 Å². The van der Waals surface area contributed by atoms with Crippen LogP contribution < -0.4 is 4.90 Å². The van der Waals surface area contributed by atoms with Crippen LogP contribution in [0.4, 0.5) is 15.9 Å². The molecule has 2 aromatic rings. The van der Waals surface area contributed by atoms with E-state index in [9.17, 15) is 12.8 Å². The Morgan fingerprint density at radius 2 is 2.05 bits per heavy atom. The number of benzene rings is 1. The molecule has 1 aliphatic heterocycles. The minimum absolute atomic E-state index is 0.0259. The van der Waals surface area contributed by atoms with Crippen LogP contribution in [0.3, 0.4) is 0 Å². The number of hydrogen-bond donors (Lipinski definition) is 0. The summed E-state index contributed by atoms with van der Waals surface area (Å²) in [7, 11) is -3.42. The molecular formula is C14H14FN3O2S. The number of nitrogens with zero attached hydrogens (tertiary/aromatic N) is 3. The van der Waals surface area contributed by atoms with Gasteiger partial charge in [0.2, 0.25) is 0 Å². The second kappa shape index (κ2) is 4.77. The summed E-state index contributed by atoms with van der Waals surface area (Å²) >= 11 is 0. The molecule has 3 rings (SSSR count). The van der Waals surface area contributed by atoms with Crippen molar-refractivity contribution in [1.82, 2.24) is 9.97 Å². The Morgan fingerprint density at radius 3 is 2.71 bits per heavy atom. The summed E-state index contributed by atoms with van der Waals surface area (Å²) in [6.45, 7) is 2.50. The van der Waals surface area contributed by atoms with Crippen LogP contribution in [-0.4, -0.2) is 31.2 Å². The van der Waals surface area contributed by atoms with E-state index >= 15 is 0 Å². The van der Waals surface area contributed by atoms with Gasteiger partial charge in [0.25, 0.3) is 0 Å². The maximum absolute atomic E-state index is 14.3. The van der Waals surface area contributed by atoms with Crippen molar-refractivity contribution in [2.24, 2.45) is 0 Å². The Hall–Kier alpha value is -2.02. The number of sulfone groups is 1. The van der Waals surface area contributed by atoms with Crippen LogP contribution in [0, 0.1) is 12.7 Å². The normalized spacial score (nSPS) is 14.3. The van der Waals surface area contributed by atoms with E-state index in [0.717, 1.165) is 30.0 Å². The van der Waals surface area contributed by atoms with Crippen molar-refractivity contribution >= 4 is 21.3 Å². The monoisotopic (exact) mass is 307 g/mol. The van der Waals surface area contributed by atoms with Crippen LogP contribution in [0.25, 0.3) is 0 Å². The first kappa shape index (κ1) is 13.9. The smallest absolute Gasteiger partial charge is 0.175 e.